The quantitative estimate of drug-likeness (QED) is 0.831. The van der Waals surface area contributed by atoms with E-state index < -0.39 is 0 Å². The topological polar surface area (TPSA) is 12.0 Å². The molecule has 0 aliphatic carbocycles. The van der Waals surface area contributed by atoms with Crippen LogP contribution in [0.5, 0.6) is 0 Å². The molecule has 2 aromatic rings. The molecule has 0 saturated heterocycles. The lowest BCUT2D eigenvalue weighted by molar-refractivity contribution is 0.494. The first-order valence-corrected chi connectivity index (χ1v) is 6.95. The van der Waals surface area contributed by atoms with Gasteiger partial charge in [0.15, 0.2) is 0 Å². The van der Waals surface area contributed by atoms with Crippen LogP contribution >= 0.6 is 0 Å². The van der Waals surface area contributed by atoms with Crippen molar-refractivity contribution in [1.82, 2.24) is 5.32 Å². The molecule has 0 aliphatic heterocycles. The Morgan fingerprint density at radius 1 is 0.737 bits per heavy atom. The Morgan fingerprint density at radius 3 is 1.84 bits per heavy atom. The van der Waals surface area contributed by atoms with Gasteiger partial charge >= 0.3 is 0 Å². The maximum atomic E-state index is 3.67. The Balaban J connectivity index is 2.10. The number of nitrogens with one attached hydrogen (secondary N) is 1. The van der Waals surface area contributed by atoms with Gasteiger partial charge in [0.05, 0.1) is 0 Å². The van der Waals surface area contributed by atoms with E-state index in [-0.39, 0.29) is 0 Å². The first-order chi connectivity index (χ1) is 9.06. The van der Waals surface area contributed by atoms with E-state index >= 15 is 0 Å². The molecule has 0 radical (unpaired) electrons. The number of hydrogen-bond acceptors (Lipinski definition) is 1. The number of aryl methyl sites for hydroxylation is 2. The molecule has 0 saturated carbocycles. The van der Waals surface area contributed by atoms with Gasteiger partial charge in [0.1, 0.15) is 0 Å². The summed E-state index contributed by atoms with van der Waals surface area (Å²) in [4.78, 5) is 0. The summed E-state index contributed by atoms with van der Waals surface area (Å²) in [5.41, 5.74) is 5.35. The van der Waals surface area contributed by atoms with Gasteiger partial charge in [-0.2, -0.15) is 0 Å². The summed E-state index contributed by atoms with van der Waals surface area (Å²) >= 11 is 0. The number of hydrogen-bond donors (Lipinski definition) is 1. The van der Waals surface area contributed by atoms with Crippen LogP contribution in [0.25, 0.3) is 0 Å². The summed E-state index contributed by atoms with van der Waals surface area (Å²) in [7, 11) is 0. The van der Waals surface area contributed by atoms with E-state index in [1.54, 1.807) is 0 Å². The van der Waals surface area contributed by atoms with Crippen molar-refractivity contribution in [2.75, 3.05) is 0 Å². The lowest BCUT2D eigenvalue weighted by Crippen LogP contribution is -2.22. The Morgan fingerprint density at radius 2 is 1.26 bits per heavy atom. The molecule has 0 heterocycles. The van der Waals surface area contributed by atoms with E-state index in [9.17, 15) is 0 Å². The molecular weight excluding hydrogens is 230 g/mol. The van der Waals surface area contributed by atoms with Gasteiger partial charge in [0.25, 0.3) is 0 Å². The van der Waals surface area contributed by atoms with Crippen molar-refractivity contribution in [3.63, 3.8) is 0 Å². The molecule has 1 nitrogen and oxygen atoms in total. The van der Waals surface area contributed by atoms with E-state index in [0.29, 0.717) is 12.1 Å². The van der Waals surface area contributed by atoms with Gasteiger partial charge in [-0.15, -0.1) is 0 Å². The SMILES string of the molecule is Cc1cc(C)cc(C(C)N[C@@H](C)c2ccccc2)c1. The third-order valence-corrected chi connectivity index (χ3v) is 3.54. The highest BCUT2D eigenvalue weighted by molar-refractivity contribution is 5.30. The van der Waals surface area contributed by atoms with Crippen LogP contribution in [0.2, 0.25) is 0 Å². The fraction of sp³-hybridized carbons (Fsp3) is 0.333. The molecule has 1 N–H and O–H groups in total. The van der Waals surface area contributed by atoms with E-state index in [2.05, 4.69) is 81.5 Å². The van der Waals surface area contributed by atoms with Crippen LogP contribution in [-0.4, -0.2) is 0 Å². The highest BCUT2D eigenvalue weighted by Gasteiger charge is 2.11. The summed E-state index contributed by atoms with van der Waals surface area (Å²) < 4.78 is 0. The van der Waals surface area contributed by atoms with E-state index in [0.717, 1.165) is 0 Å². The first kappa shape index (κ1) is 13.8. The largest absolute Gasteiger partial charge is 0.304 e. The zero-order valence-corrected chi connectivity index (χ0v) is 12.3. The predicted molar refractivity (Wildman–Crippen MR) is 82.3 cm³/mol. The van der Waals surface area contributed by atoms with Crippen LogP contribution < -0.4 is 5.32 Å². The standard InChI is InChI=1S/C18H23N/c1-13-10-14(2)12-18(11-13)16(4)19-15(3)17-8-6-5-7-9-17/h5-12,15-16,19H,1-4H3/t15-,16?/m0/s1. The third kappa shape index (κ3) is 3.68. The highest BCUT2D eigenvalue weighted by atomic mass is 14.9. The molecule has 2 aromatic carbocycles. The highest BCUT2D eigenvalue weighted by Crippen LogP contribution is 2.21. The molecule has 0 aromatic heterocycles. The molecule has 0 amide bonds. The maximum Gasteiger partial charge on any atom is 0.0297 e. The van der Waals surface area contributed by atoms with E-state index in [4.69, 9.17) is 0 Å². The van der Waals surface area contributed by atoms with Gasteiger partial charge in [-0.05, 0) is 38.8 Å². The monoisotopic (exact) mass is 253 g/mol. The summed E-state index contributed by atoms with van der Waals surface area (Å²) in [5.74, 6) is 0. The molecule has 0 fully saturated rings. The van der Waals surface area contributed by atoms with Gasteiger partial charge in [0.2, 0.25) is 0 Å². The van der Waals surface area contributed by atoms with Crippen molar-refractivity contribution in [2.24, 2.45) is 0 Å². The third-order valence-electron chi connectivity index (χ3n) is 3.54. The van der Waals surface area contributed by atoms with E-state index in [1.807, 2.05) is 0 Å². The zero-order valence-electron chi connectivity index (χ0n) is 12.3. The van der Waals surface area contributed by atoms with Gasteiger partial charge in [-0.3, -0.25) is 0 Å². The predicted octanol–water partition coefficient (Wildman–Crippen LogP) is 4.72. The number of rotatable bonds is 4. The van der Waals surface area contributed by atoms with Crippen molar-refractivity contribution < 1.29 is 0 Å². The fourth-order valence-electron chi connectivity index (χ4n) is 2.57. The van der Waals surface area contributed by atoms with E-state index in [1.165, 1.54) is 22.3 Å². The van der Waals surface area contributed by atoms with Crippen molar-refractivity contribution >= 4 is 0 Å². The summed E-state index contributed by atoms with van der Waals surface area (Å²) in [6, 6.07) is 18.1. The summed E-state index contributed by atoms with van der Waals surface area (Å²) in [6.07, 6.45) is 0. The van der Waals surface area contributed by atoms with Gasteiger partial charge in [-0.1, -0.05) is 59.7 Å². The fourth-order valence-corrected chi connectivity index (χ4v) is 2.57. The minimum atomic E-state index is 0.355. The molecule has 2 atom stereocenters. The molecule has 1 unspecified atom stereocenters. The Labute approximate surface area is 116 Å². The zero-order chi connectivity index (χ0) is 13.8. The molecular formula is C18H23N. The minimum absolute atomic E-state index is 0.355. The van der Waals surface area contributed by atoms with Crippen molar-refractivity contribution in [2.45, 2.75) is 39.8 Å². The van der Waals surface area contributed by atoms with Crippen LogP contribution in [0, 0.1) is 13.8 Å². The summed E-state index contributed by atoms with van der Waals surface area (Å²) in [5, 5.41) is 3.67. The van der Waals surface area contributed by atoms with Crippen LogP contribution in [0.15, 0.2) is 48.5 Å². The molecule has 100 valence electrons. The smallest absolute Gasteiger partial charge is 0.0297 e. The van der Waals surface area contributed by atoms with Crippen molar-refractivity contribution in [3.8, 4) is 0 Å². The van der Waals surface area contributed by atoms with Gasteiger partial charge < -0.3 is 5.32 Å². The van der Waals surface area contributed by atoms with Crippen LogP contribution in [0.3, 0.4) is 0 Å². The Hall–Kier alpha value is -1.60. The second-order valence-corrected chi connectivity index (χ2v) is 5.44. The Bertz CT molecular complexity index is 510. The first-order valence-electron chi connectivity index (χ1n) is 6.95. The van der Waals surface area contributed by atoms with Crippen LogP contribution in [0.4, 0.5) is 0 Å². The number of benzene rings is 2. The Kier molecular flexibility index (Phi) is 4.39. The molecule has 19 heavy (non-hydrogen) atoms. The second kappa shape index (κ2) is 6.03. The maximum absolute atomic E-state index is 3.67. The lowest BCUT2D eigenvalue weighted by atomic mass is 10.0. The molecule has 2 rings (SSSR count). The second-order valence-electron chi connectivity index (χ2n) is 5.44. The molecule has 0 aliphatic rings. The normalized spacial score (nSPS) is 14.1. The minimum Gasteiger partial charge on any atom is -0.304 e. The van der Waals surface area contributed by atoms with Gasteiger partial charge in [0, 0.05) is 12.1 Å². The molecule has 0 spiro atoms. The average Bonchev–Trinajstić information content (AvgIpc) is 2.38. The molecule has 1 heteroatoms. The summed E-state index contributed by atoms with van der Waals surface area (Å²) in [6.45, 7) is 8.76. The molecule has 0 bridgehead atoms. The van der Waals surface area contributed by atoms with Gasteiger partial charge in [-0.25, -0.2) is 0 Å². The van der Waals surface area contributed by atoms with Crippen molar-refractivity contribution in [1.29, 1.82) is 0 Å². The van der Waals surface area contributed by atoms with Crippen LogP contribution in [0.1, 0.15) is 48.2 Å². The van der Waals surface area contributed by atoms with Crippen molar-refractivity contribution in [3.05, 3.63) is 70.8 Å². The average molecular weight is 253 g/mol. The van der Waals surface area contributed by atoms with Crippen LogP contribution in [-0.2, 0) is 0 Å². The lowest BCUT2D eigenvalue weighted by Gasteiger charge is -2.21.